The Morgan fingerprint density at radius 1 is 1.45 bits per heavy atom. The Balaban J connectivity index is 0.000000956. The molecule has 0 amide bonds. The van der Waals surface area contributed by atoms with E-state index in [-0.39, 0.29) is 17.1 Å². The minimum absolute atomic E-state index is 0.105. The predicted octanol–water partition coefficient (Wildman–Crippen LogP) is 2.12. The first-order valence-electron chi connectivity index (χ1n) is 5.32. The summed E-state index contributed by atoms with van der Waals surface area (Å²) in [6.07, 6.45) is 1.24. The van der Waals surface area contributed by atoms with Crippen LogP contribution in [0.4, 0.5) is 10.1 Å². The summed E-state index contributed by atoms with van der Waals surface area (Å²) in [7, 11) is -3.92. The molecule has 0 radical (unpaired) electrons. The van der Waals surface area contributed by atoms with Crippen LogP contribution in [0, 0.1) is 12.7 Å². The summed E-state index contributed by atoms with van der Waals surface area (Å²) < 4.78 is 42.0. The Morgan fingerprint density at radius 3 is 2.65 bits per heavy atom. The monoisotopic (exact) mass is 413 g/mol. The van der Waals surface area contributed by atoms with E-state index in [1.54, 1.807) is 0 Å². The van der Waals surface area contributed by atoms with Gasteiger partial charge in [-0.25, -0.2) is 17.8 Å². The van der Waals surface area contributed by atoms with Crippen LogP contribution in [0.1, 0.15) is 11.4 Å². The van der Waals surface area contributed by atoms with Crippen molar-refractivity contribution in [3.63, 3.8) is 0 Å². The maximum Gasteiger partial charge on any atom is 0.204 e. The molecule has 0 atom stereocenters. The fourth-order valence-corrected chi connectivity index (χ4v) is 2.67. The Kier molecular flexibility index (Phi) is 5.87. The summed E-state index contributed by atoms with van der Waals surface area (Å²) in [6, 6.07) is 2.33. The van der Waals surface area contributed by atoms with Gasteiger partial charge in [-0.3, -0.25) is 0 Å². The average molecular weight is 413 g/mol. The lowest BCUT2D eigenvalue weighted by Crippen LogP contribution is -2.11. The highest BCUT2D eigenvalue weighted by Gasteiger charge is 2.24. The Bertz CT molecular complexity index is 674. The number of nitrogen functional groups attached to an aromatic ring is 1. The van der Waals surface area contributed by atoms with Crippen LogP contribution in [0.3, 0.4) is 0 Å². The topological polar surface area (TPSA) is 99.1 Å². The van der Waals surface area contributed by atoms with Crippen LogP contribution < -0.4 is 5.73 Å². The number of halogens is 2. The zero-order valence-corrected chi connectivity index (χ0v) is 13.8. The van der Waals surface area contributed by atoms with Crippen LogP contribution >= 0.6 is 22.6 Å². The van der Waals surface area contributed by atoms with Crippen molar-refractivity contribution in [3.05, 3.63) is 35.6 Å². The van der Waals surface area contributed by atoms with Gasteiger partial charge < -0.3 is 10.3 Å². The number of sulfone groups is 1. The van der Waals surface area contributed by atoms with Crippen LogP contribution in [0.25, 0.3) is 0 Å². The molecule has 0 aliphatic heterocycles. The molecule has 9 heteroatoms. The van der Waals surface area contributed by atoms with Gasteiger partial charge in [-0.15, -0.1) is 0 Å². The van der Waals surface area contributed by atoms with Crippen LogP contribution in [-0.2, 0) is 15.6 Å². The molecular weight excluding hydrogens is 400 g/mol. The molecule has 0 fully saturated rings. The molecule has 0 saturated heterocycles. The average Bonchev–Trinajstić information content (AvgIpc) is 2.88. The van der Waals surface area contributed by atoms with Crippen LogP contribution in [0.5, 0.6) is 0 Å². The minimum atomic E-state index is -3.92. The summed E-state index contributed by atoms with van der Waals surface area (Å²) in [6.45, 7) is 1.50. The van der Waals surface area contributed by atoms with Gasteiger partial charge in [0, 0.05) is 12.1 Å². The summed E-state index contributed by atoms with van der Waals surface area (Å²) in [4.78, 5) is 5.65. The number of rotatable bonds is 3. The van der Waals surface area contributed by atoms with Crippen molar-refractivity contribution >= 4 is 38.1 Å². The molecule has 2 aromatic heterocycles. The standard InChI is InChI=1S/C10H10FN3O3S.CH3I/c1-6-9(12)4-8(11)10(13-6)18(15,16)5-7-2-3-17-14-7;1-2/h2-4H,5,12H2,1H3;1H3. The first-order chi connectivity index (χ1) is 9.40. The predicted molar refractivity (Wildman–Crippen MR) is 80.7 cm³/mol. The molecule has 0 spiro atoms. The smallest absolute Gasteiger partial charge is 0.204 e. The zero-order chi connectivity index (χ0) is 15.3. The number of aryl methyl sites for hydroxylation is 1. The molecule has 110 valence electrons. The zero-order valence-electron chi connectivity index (χ0n) is 10.8. The van der Waals surface area contributed by atoms with E-state index >= 15 is 0 Å². The maximum absolute atomic E-state index is 13.6. The molecule has 6 nitrogen and oxygen atoms in total. The van der Waals surface area contributed by atoms with Gasteiger partial charge in [-0.1, -0.05) is 27.7 Å². The van der Waals surface area contributed by atoms with Gasteiger partial charge in [0.15, 0.2) is 10.8 Å². The summed E-state index contributed by atoms with van der Waals surface area (Å²) in [5.74, 6) is -1.45. The fraction of sp³-hybridized carbons (Fsp3) is 0.273. The molecule has 2 N–H and O–H groups in total. The molecule has 0 aliphatic carbocycles. The molecule has 2 heterocycles. The van der Waals surface area contributed by atoms with Crippen molar-refractivity contribution in [2.45, 2.75) is 17.7 Å². The molecular formula is C11H13FIN3O3S. The first kappa shape index (κ1) is 16.8. The molecule has 0 saturated carbocycles. The number of pyridine rings is 1. The Labute approximate surface area is 129 Å². The second-order valence-corrected chi connectivity index (χ2v) is 5.60. The summed E-state index contributed by atoms with van der Waals surface area (Å²) in [5, 5.41) is 2.84. The van der Waals surface area contributed by atoms with E-state index in [2.05, 4.69) is 37.3 Å². The molecule has 20 heavy (non-hydrogen) atoms. The molecule has 0 aromatic carbocycles. The van der Waals surface area contributed by atoms with Crippen LogP contribution in [-0.4, -0.2) is 23.5 Å². The van der Waals surface area contributed by atoms with Crippen LogP contribution in [0.2, 0.25) is 0 Å². The number of hydrogen-bond acceptors (Lipinski definition) is 6. The van der Waals surface area contributed by atoms with E-state index < -0.39 is 26.4 Å². The van der Waals surface area contributed by atoms with Gasteiger partial charge in [0.05, 0.1) is 17.1 Å². The van der Waals surface area contributed by atoms with Gasteiger partial charge in [0.1, 0.15) is 12.0 Å². The van der Waals surface area contributed by atoms with Crippen molar-refractivity contribution in [1.82, 2.24) is 10.1 Å². The summed E-state index contributed by atoms with van der Waals surface area (Å²) in [5.41, 5.74) is 5.99. The fourth-order valence-electron chi connectivity index (χ4n) is 1.37. The second-order valence-electron chi connectivity index (χ2n) is 3.70. The van der Waals surface area contributed by atoms with Crippen molar-refractivity contribution < 1.29 is 17.3 Å². The normalized spacial score (nSPS) is 10.8. The van der Waals surface area contributed by atoms with Crippen LogP contribution in [0.15, 0.2) is 27.9 Å². The Hall–Kier alpha value is -1.23. The summed E-state index contributed by atoms with van der Waals surface area (Å²) >= 11 is 2.15. The van der Waals surface area contributed by atoms with Crippen molar-refractivity contribution in [1.29, 1.82) is 0 Å². The van der Waals surface area contributed by atoms with E-state index in [0.29, 0.717) is 0 Å². The second kappa shape index (κ2) is 6.97. The molecule has 0 bridgehead atoms. The third-order valence-corrected chi connectivity index (χ3v) is 3.85. The molecule has 2 aromatic rings. The van der Waals surface area contributed by atoms with Gasteiger partial charge in [0.2, 0.25) is 9.84 Å². The van der Waals surface area contributed by atoms with Crippen molar-refractivity contribution in [3.8, 4) is 0 Å². The lowest BCUT2D eigenvalue weighted by molar-refractivity contribution is 0.413. The highest BCUT2D eigenvalue weighted by molar-refractivity contribution is 14.1. The van der Waals surface area contributed by atoms with Gasteiger partial charge in [-0.2, -0.15) is 0 Å². The lowest BCUT2D eigenvalue weighted by Gasteiger charge is -2.06. The van der Waals surface area contributed by atoms with Crippen molar-refractivity contribution in [2.24, 2.45) is 0 Å². The highest BCUT2D eigenvalue weighted by Crippen LogP contribution is 2.20. The number of hydrogen-bond donors (Lipinski definition) is 1. The molecule has 0 aliphatic rings. The van der Waals surface area contributed by atoms with E-state index in [9.17, 15) is 12.8 Å². The largest absolute Gasteiger partial charge is 0.397 e. The van der Waals surface area contributed by atoms with E-state index in [4.69, 9.17) is 5.73 Å². The Morgan fingerprint density at radius 2 is 2.10 bits per heavy atom. The van der Waals surface area contributed by atoms with E-state index in [0.717, 1.165) is 6.07 Å². The highest BCUT2D eigenvalue weighted by atomic mass is 127. The number of anilines is 1. The number of alkyl halides is 1. The maximum atomic E-state index is 13.6. The third kappa shape index (κ3) is 3.88. The number of nitrogens with two attached hydrogens (primary N) is 1. The first-order valence-corrected chi connectivity index (χ1v) is 9.13. The quantitative estimate of drug-likeness (QED) is 0.612. The lowest BCUT2D eigenvalue weighted by atomic mass is 10.3. The van der Waals surface area contributed by atoms with Gasteiger partial charge in [-0.05, 0) is 11.9 Å². The van der Waals surface area contributed by atoms with E-state index in [1.165, 1.54) is 19.3 Å². The van der Waals surface area contributed by atoms with E-state index in [1.807, 2.05) is 4.93 Å². The molecule has 0 unspecified atom stereocenters. The number of aromatic nitrogens is 2. The minimum Gasteiger partial charge on any atom is -0.397 e. The molecule has 2 rings (SSSR count). The van der Waals surface area contributed by atoms with Gasteiger partial charge >= 0.3 is 0 Å². The SMILES string of the molecule is CI.Cc1nc(S(=O)(=O)Cc2ccon2)c(F)cc1N. The van der Waals surface area contributed by atoms with Crippen molar-refractivity contribution in [2.75, 3.05) is 10.7 Å². The third-order valence-electron chi connectivity index (χ3n) is 2.30. The van der Waals surface area contributed by atoms with Gasteiger partial charge in [0.25, 0.3) is 0 Å². The number of nitrogens with zero attached hydrogens (tertiary/aromatic N) is 2.